The molecule has 0 radical (unpaired) electrons. The second-order valence-electron chi connectivity index (χ2n) is 6.33. The van der Waals surface area contributed by atoms with Gasteiger partial charge in [0.05, 0.1) is 11.4 Å². The van der Waals surface area contributed by atoms with Crippen LogP contribution in [0.3, 0.4) is 0 Å². The Morgan fingerprint density at radius 1 is 0.917 bits per heavy atom. The molecule has 0 aliphatic carbocycles. The van der Waals surface area contributed by atoms with Crippen molar-refractivity contribution in [1.29, 1.82) is 0 Å². The Hall–Kier alpha value is -2.27. The predicted octanol–water partition coefficient (Wildman–Crippen LogP) is 2.74. The molecular weight excluding hydrogens is 303 g/mol. The molecule has 2 aromatic carbocycles. The summed E-state index contributed by atoms with van der Waals surface area (Å²) in [5.74, 6) is -0.182. The number of benzene rings is 2. The average Bonchev–Trinajstić information content (AvgIpc) is 2.60. The third-order valence-corrected chi connectivity index (χ3v) is 4.71. The van der Waals surface area contributed by atoms with Gasteiger partial charge in [-0.15, -0.1) is 0 Å². The first-order chi connectivity index (χ1) is 11.6. The number of halogens is 1. The summed E-state index contributed by atoms with van der Waals surface area (Å²) in [5.41, 5.74) is 15.5. The Balaban J connectivity index is 1.44. The number of hydrogen-bond donors (Lipinski definition) is 2. The van der Waals surface area contributed by atoms with Crippen molar-refractivity contribution in [2.24, 2.45) is 0 Å². The van der Waals surface area contributed by atoms with Crippen LogP contribution < -0.4 is 16.4 Å². The number of piperazine rings is 1. The van der Waals surface area contributed by atoms with Gasteiger partial charge >= 0.3 is 0 Å². The molecule has 1 fully saturated rings. The zero-order chi connectivity index (χ0) is 16.9. The lowest BCUT2D eigenvalue weighted by molar-refractivity contribution is 0.255. The van der Waals surface area contributed by atoms with Crippen molar-refractivity contribution in [3.8, 4) is 0 Å². The molecule has 2 aromatic rings. The number of nitrogen functional groups attached to an aromatic ring is 2. The molecule has 0 spiro atoms. The minimum atomic E-state index is -0.182. The SMILES string of the molecule is Nc1cccc(CCCN2CCN(c3ccc(F)cc3)CC2)c1N. The van der Waals surface area contributed by atoms with Crippen molar-refractivity contribution in [3.05, 3.63) is 53.8 Å². The second kappa shape index (κ2) is 7.53. The number of rotatable bonds is 5. The molecule has 5 heteroatoms. The van der Waals surface area contributed by atoms with Crippen molar-refractivity contribution < 1.29 is 4.39 Å². The van der Waals surface area contributed by atoms with E-state index in [0.717, 1.165) is 62.5 Å². The summed E-state index contributed by atoms with van der Waals surface area (Å²) >= 11 is 0. The van der Waals surface area contributed by atoms with E-state index >= 15 is 0 Å². The second-order valence-corrected chi connectivity index (χ2v) is 6.33. The van der Waals surface area contributed by atoms with Gasteiger partial charge in [-0.1, -0.05) is 12.1 Å². The van der Waals surface area contributed by atoms with Crippen LogP contribution in [0.1, 0.15) is 12.0 Å². The number of hydrogen-bond acceptors (Lipinski definition) is 4. The van der Waals surface area contributed by atoms with Crippen molar-refractivity contribution >= 4 is 17.1 Å². The fraction of sp³-hybridized carbons (Fsp3) is 0.368. The van der Waals surface area contributed by atoms with E-state index in [1.165, 1.54) is 12.1 Å². The molecule has 1 heterocycles. The fourth-order valence-electron chi connectivity index (χ4n) is 3.23. The number of nitrogens with two attached hydrogens (primary N) is 2. The van der Waals surface area contributed by atoms with Gasteiger partial charge in [-0.3, -0.25) is 4.90 Å². The molecule has 128 valence electrons. The van der Waals surface area contributed by atoms with E-state index in [0.29, 0.717) is 5.69 Å². The lowest BCUT2D eigenvalue weighted by atomic mass is 10.1. The molecule has 1 aliphatic rings. The number of anilines is 3. The Labute approximate surface area is 142 Å². The summed E-state index contributed by atoms with van der Waals surface area (Å²) < 4.78 is 13.0. The summed E-state index contributed by atoms with van der Waals surface area (Å²) in [7, 11) is 0. The molecule has 4 nitrogen and oxygen atoms in total. The van der Waals surface area contributed by atoms with Crippen molar-refractivity contribution in [3.63, 3.8) is 0 Å². The van der Waals surface area contributed by atoms with Crippen LogP contribution in [0.15, 0.2) is 42.5 Å². The first kappa shape index (κ1) is 16.6. The number of aryl methyl sites for hydroxylation is 1. The molecule has 0 atom stereocenters. The largest absolute Gasteiger partial charge is 0.397 e. The van der Waals surface area contributed by atoms with Gasteiger partial charge < -0.3 is 16.4 Å². The molecule has 0 aromatic heterocycles. The number of para-hydroxylation sites is 1. The standard InChI is InChI=1S/C19H25FN4/c20-16-6-8-17(9-7-16)24-13-11-23(12-14-24)10-2-4-15-3-1-5-18(21)19(15)22/h1,3,5-9H,2,4,10-14,21-22H2. The van der Waals surface area contributed by atoms with E-state index in [-0.39, 0.29) is 5.82 Å². The molecule has 24 heavy (non-hydrogen) atoms. The maximum absolute atomic E-state index is 13.0. The fourth-order valence-corrected chi connectivity index (χ4v) is 3.23. The highest BCUT2D eigenvalue weighted by atomic mass is 19.1. The van der Waals surface area contributed by atoms with Crippen LogP contribution in [-0.4, -0.2) is 37.6 Å². The van der Waals surface area contributed by atoms with E-state index < -0.39 is 0 Å². The van der Waals surface area contributed by atoms with Crippen LogP contribution >= 0.6 is 0 Å². The van der Waals surface area contributed by atoms with Gasteiger partial charge in [-0.05, 0) is 55.3 Å². The Bertz CT molecular complexity index is 664. The zero-order valence-corrected chi connectivity index (χ0v) is 13.9. The lowest BCUT2D eigenvalue weighted by Crippen LogP contribution is -2.46. The lowest BCUT2D eigenvalue weighted by Gasteiger charge is -2.36. The maximum atomic E-state index is 13.0. The molecule has 0 saturated carbocycles. The van der Waals surface area contributed by atoms with Gasteiger partial charge in [-0.2, -0.15) is 0 Å². The first-order valence-corrected chi connectivity index (χ1v) is 8.49. The van der Waals surface area contributed by atoms with Crippen molar-refractivity contribution in [2.75, 3.05) is 49.1 Å². The number of nitrogens with zero attached hydrogens (tertiary/aromatic N) is 2. The molecular formula is C19H25FN4. The highest BCUT2D eigenvalue weighted by Gasteiger charge is 2.17. The first-order valence-electron chi connectivity index (χ1n) is 8.49. The third-order valence-electron chi connectivity index (χ3n) is 4.71. The minimum Gasteiger partial charge on any atom is -0.397 e. The molecule has 1 saturated heterocycles. The van der Waals surface area contributed by atoms with Crippen LogP contribution in [0.4, 0.5) is 21.5 Å². The van der Waals surface area contributed by atoms with E-state index in [1.54, 1.807) is 0 Å². The smallest absolute Gasteiger partial charge is 0.123 e. The maximum Gasteiger partial charge on any atom is 0.123 e. The molecule has 3 rings (SSSR count). The summed E-state index contributed by atoms with van der Waals surface area (Å²) in [5, 5.41) is 0. The van der Waals surface area contributed by atoms with E-state index in [1.807, 2.05) is 24.3 Å². The van der Waals surface area contributed by atoms with Gasteiger partial charge in [0.2, 0.25) is 0 Å². The predicted molar refractivity (Wildman–Crippen MR) is 98.6 cm³/mol. The van der Waals surface area contributed by atoms with Gasteiger partial charge in [0.1, 0.15) is 5.82 Å². The summed E-state index contributed by atoms with van der Waals surface area (Å²) in [6.45, 7) is 5.08. The van der Waals surface area contributed by atoms with E-state index in [4.69, 9.17) is 11.5 Å². The monoisotopic (exact) mass is 328 g/mol. The van der Waals surface area contributed by atoms with Gasteiger partial charge in [-0.25, -0.2) is 4.39 Å². The highest BCUT2D eigenvalue weighted by molar-refractivity contribution is 5.67. The van der Waals surface area contributed by atoms with Crippen LogP contribution in [-0.2, 0) is 6.42 Å². The van der Waals surface area contributed by atoms with Crippen molar-refractivity contribution in [2.45, 2.75) is 12.8 Å². The topological polar surface area (TPSA) is 58.5 Å². The molecule has 0 unspecified atom stereocenters. The van der Waals surface area contributed by atoms with E-state index in [2.05, 4.69) is 15.9 Å². The van der Waals surface area contributed by atoms with E-state index in [9.17, 15) is 4.39 Å². The Morgan fingerprint density at radius 2 is 1.62 bits per heavy atom. The molecule has 1 aliphatic heterocycles. The summed E-state index contributed by atoms with van der Waals surface area (Å²) in [6.07, 6.45) is 2.03. The Kier molecular flexibility index (Phi) is 5.20. The molecule has 4 N–H and O–H groups in total. The third kappa shape index (κ3) is 3.97. The summed E-state index contributed by atoms with van der Waals surface area (Å²) in [4.78, 5) is 4.79. The van der Waals surface area contributed by atoms with Gasteiger partial charge in [0.25, 0.3) is 0 Å². The zero-order valence-electron chi connectivity index (χ0n) is 13.9. The molecule has 0 amide bonds. The molecule has 0 bridgehead atoms. The van der Waals surface area contributed by atoms with Crippen LogP contribution in [0.2, 0.25) is 0 Å². The van der Waals surface area contributed by atoms with Gasteiger partial charge in [0.15, 0.2) is 0 Å². The Morgan fingerprint density at radius 3 is 2.33 bits per heavy atom. The van der Waals surface area contributed by atoms with Gasteiger partial charge in [0, 0.05) is 31.9 Å². The average molecular weight is 328 g/mol. The van der Waals surface area contributed by atoms with Crippen LogP contribution in [0.25, 0.3) is 0 Å². The van der Waals surface area contributed by atoms with Crippen molar-refractivity contribution in [1.82, 2.24) is 4.90 Å². The normalized spacial score (nSPS) is 15.6. The summed E-state index contributed by atoms with van der Waals surface area (Å²) in [6, 6.07) is 12.6. The van der Waals surface area contributed by atoms with Crippen LogP contribution in [0, 0.1) is 5.82 Å². The quantitative estimate of drug-likeness (QED) is 0.829. The minimum absolute atomic E-state index is 0.182. The van der Waals surface area contributed by atoms with Crippen LogP contribution in [0.5, 0.6) is 0 Å². The highest BCUT2D eigenvalue weighted by Crippen LogP contribution is 2.21.